The molecule has 3 aromatic carbocycles. The number of fused-ring (bicyclic) bond motifs is 1. The van der Waals surface area contributed by atoms with Gasteiger partial charge in [0.25, 0.3) is 5.56 Å². The molecule has 0 amide bonds. The first-order chi connectivity index (χ1) is 12.2. The Labute approximate surface area is 147 Å². The summed E-state index contributed by atoms with van der Waals surface area (Å²) < 4.78 is 1.75. The number of para-hydroxylation sites is 1. The van der Waals surface area contributed by atoms with Crippen molar-refractivity contribution in [2.45, 2.75) is 6.92 Å². The molecule has 0 aliphatic carbocycles. The van der Waals surface area contributed by atoms with Crippen LogP contribution in [0.5, 0.6) is 0 Å². The summed E-state index contributed by atoms with van der Waals surface area (Å²) in [6, 6.07) is 26.4. The van der Waals surface area contributed by atoms with Crippen molar-refractivity contribution in [2.75, 3.05) is 0 Å². The maximum atomic E-state index is 13.2. The zero-order valence-corrected chi connectivity index (χ0v) is 14.4. The van der Waals surface area contributed by atoms with E-state index in [1.165, 1.54) is 5.56 Å². The molecule has 2 nitrogen and oxygen atoms in total. The van der Waals surface area contributed by atoms with Gasteiger partial charge in [-0.1, -0.05) is 78.4 Å². The lowest BCUT2D eigenvalue weighted by atomic mass is 9.92. The first-order valence-electron chi connectivity index (χ1n) is 8.41. The van der Waals surface area contributed by atoms with Gasteiger partial charge < -0.3 is 4.57 Å². The molecule has 0 aliphatic rings. The second-order valence-electron chi connectivity index (χ2n) is 6.36. The number of aromatic nitrogens is 1. The summed E-state index contributed by atoms with van der Waals surface area (Å²) in [7, 11) is 1.84. The largest absolute Gasteiger partial charge is 0.311 e. The van der Waals surface area contributed by atoms with E-state index in [1.807, 2.05) is 55.6 Å². The molecule has 1 aromatic heterocycles. The van der Waals surface area contributed by atoms with Crippen LogP contribution < -0.4 is 5.56 Å². The Morgan fingerprint density at radius 1 is 0.680 bits per heavy atom. The summed E-state index contributed by atoms with van der Waals surface area (Å²) in [5.74, 6) is 0. The van der Waals surface area contributed by atoms with E-state index in [2.05, 4.69) is 37.3 Å². The number of rotatable bonds is 2. The fourth-order valence-electron chi connectivity index (χ4n) is 3.39. The molecule has 0 unspecified atom stereocenters. The third-order valence-electron chi connectivity index (χ3n) is 4.71. The molecule has 4 aromatic rings. The van der Waals surface area contributed by atoms with Gasteiger partial charge in [0, 0.05) is 18.0 Å². The molecule has 25 heavy (non-hydrogen) atoms. The average Bonchev–Trinajstić information content (AvgIpc) is 2.66. The van der Waals surface area contributed by atoms with Gasteiger partial charge in [-0.05, 0) is 24.1 Å². The van der Waals surface area contributed by atoms with E-state index < -0.39 is 0 Å². The molecule has 0 radical (unpaired) electrons. The topological polar surface area (TPSA) is 22.0 Å². The van der Waals surface area contributed by atoms with Crippen LogP contribution in [0, 0.1) is 6.92 Å². The summed E-state index contributed by atoms with van der Waals surface area (Å²) in [6.07, 6.45) is 0. The number of hydrogen-bond acceptors (Lipinski definition) is 1. The van der Waals surface area contributed by atoms with Gasteiger partial charge in [-0.15, -0.1) is 0 Å². The Bertz CT molecular complexity index is 1110. The lowest BCUT2D eigenvalue weighted by molar-refractivity contribution is 0.909. The van der Waals surface area contributed by atoms with E-state index in [0.717, 1.165) is 33.2 Å². The normalized spacial score (nSPS) is 11.0. The van der Waals surface area contributed by atoms with Crippen LogP contribution in [0.4, 0.5) is 0 Å². The van der Waals surface area contributed by atoms with Gasteiger partial charge >= 0.3 is 0 Å². The van der Waals surface area contributed by atoms with E-state index in [1.54, 1.807) is 4.57 Å². The van der Waals surface area contributed by atoms with E-state index in [0.29, 0.717) is 0 Å². The molecule has 0 fully saturated rings. The summed E-state index contributed by atoms with van der Waals surface area (Å²) in [5.41, 5.74) is 5.93. The average molecular weight is 325 g/mol. The van der Waals surface area contributed by atoms with Crippen LogP contribution in [0.1, 0.15) is 5.56 Å². The van der Waals surface area contributed by atoms with Crippen LogP contribution >= 0.6 is 0 Å². The van der Waals surface area contributed by atoms with Crippen LogP contribution in [-0.4, -0.2) is 4.57 Å². The Morgan fingerprint density at radius 3 is 2.00 bits per heavy atom. The van der Waals surface area contributed by atoms with Gasteiger partial charge in [0.2, 0.25) is 0 Å². The highest BCUT2D eigenvalue weighted by molar-refractivity contribution is 6.02. The van der Waals surface area contributed by atoms with Gasteiger partial charge in [0.1, 0.15) is 0 Å². The monoisotopic (exact) mass is 325 g/mol. The van der Waals surface area contributed by atoms with Crippen molar-refractivity contribution in [3.63, 3.8) is 0 Å². The fourth-order valence-corrected chi connectivity index (χ4v) is 3.39. The van der Waals surface area contributed by atoms with Crippen LogP contribution in [0.15, 0.2) is 83.7 Å². The van der Waals surface area contributed by atoms with Crippen molar-refractivity contribution >= 4 is 10.9 Å². The minimum atomic E-state index is 0.0291. The first-order valence-corrected chi connectivity index (χ1v) is 8.41. The second-order valence-corrected chi connectivity index (χ2v) is 6.36. The Morgan fingerprint density at radius 2 is 1.28 bits per heavy atom. The molecule has 0 N–H and O–H groups in total. The molecular weight excluding hydrogens is 306 g/mol. The molecule has 0 saturated heterocycles. The van der Waals surface area contributed by atoms with E-state index in [4.69, 9.17) is 0 Å². The number of benzene rings is 3. The number of hydrogen-bond donors (Lipinski definition) is 0. The van der Waals surface area contributed by atoms with Gasteiger partial charge in [0.15, 0.2) is 0 Å². The summed E-state index contributed by atoms with van der Waals surface area (Å²) in [5, 5.41) is 1.09. The Kier molecular flexibility index (Phi) is 3.73. The van der Waals surface area contributed by atoms with Gasteiger partial charge in [-0.2, -0.15) is 0 Å². The standard InChI is InChI=1S/C23H19NO/c1-16-12-14-18(15-13-16)22-21(17-8-4-3-5-9-17)19-10-6-7-11-20(19)24(2)23(22)25/h3-15H,1-2H3. The highest BCUT2D eigenvalue weighted by atomic mass is 16.1. The predicted octanol–water partition coefficient (Wildman–Crippen LogP) is 5.18. The van der Waals surface area contributed by atoms with Crippen LogP contribution in [0.3, 0.4) is 0 Å². The van der Waals surface area contributed by atoms with Crippen molar-refractivity contribution in [2.24, 2.45) is 7.05 Å². The predicted molar refractivity (Wildman–Crippen MR) is 105 cm³/mol. The third-order valence-corrected chi connectivity index (χ3v) is 4.71. The minimum absolute atomic E-state index is 0.0291. The molecule has 0 aliphatic heterocycles. The zero-order chi connectivity index (χ0) is 17.4. The Hall–Kier alpha value is -3.13. The number of aryl methyl sites for hydroxylation is 2. The smallest absolute Gasteiger partial charge is 0.259 e. The zero-order valence-electron chi connectivity index (χ0n) is 14.4. The van der Waals surface area contributed by atoms with Crippen LogP contribution in [0.25, 0.3) is 33.2 Å². The summed E-state index contributed by atoms with van der Waals surface area (Å²) >= 11 is 0. The van der Waals surface area contributed by atoms with Gasteiger partial charge in [-0.3, -0.25) is 4.79 Å². The van der Waals surface area contributed by atoms with Crippen molar-refractivity contribution in [3.8, 4) is 22.3 Å². The first kappa shape index (κ1) is 15.4. The molecule has 0 saturated carbocycles. The highest BCUT2D eigenvalue weighted by Gasteiger charge is 2.17. The van der Waals surface area contributed by atoms with Crippen LogP contribution in [0.2, 0.25) is 0 Å². The molecule has 122 valence electrons. The fraction of sp³-hybridized carbons (Fsp3) is 0.0870. The molecule has 0 bridgehead atoms. The summed E-state index contributed by atoms with van der Waals surface area (Å²) in [6.45, 7) is 2.06. The molecule has 0 atom stereocenters. The Balaban J connectivity index is 2.19. The van der Waals surface area contributed by atoms with Crippen LogP contribution in [-0.2, 0) is 7.05 Å². The van der Waals surface area contributed by atoms with Gasteiger partial charge in [-0.25, -0.2) is 0 Å². The van der Waals surface area contributed by atoms with E-state index in [9.17, 15) is 4.79 Å². The molecule has 4 rings (SSSR count). The van der Waals surface area contributed by atoms with E-state index in [-0.39, 0.29) is 5.56 Å². The second kappa shape index (κ2) is 6.06. The maximum absolute atomic E-state index is 13.2. The lowest BCUT2D eigenvalue weighted by Crippen LogP contribution is -2.20. The minimum Gasteiger partial charge on any atom is -0.311 e. The summed E-state index contributed by atoms with van der Waals surface area (Å²) in [4.78, 5) is 13.2. The highest BCUT2D eigenvalue weighted by Crippen LogP contribution is 2.35. The maximum Gasteiger partial charge on any atom is 0.259 e. The number of nitrogens with zero attached hydrogens (tertiary/aromatic N) is 1. The number of pyridine rings is 1. The SMILES string of the molecule is Cc1ccc(-c2c(-c3ccccc3)c3ccccc3n(C)c2=O)cc1. The lowest BCUT2D eigenvalue weighted by Gasteiger charge is -2.16. The third kappa shape index (κ3) is 2.56. The van der Waals surface area contributed by atoms with Gasteiger partial charge in [0.05, 0.1) is 11.1 Å². The molecular formula is C23H19NO. The molecule has 2 heteroatoms. The molecule has 1 heterocycles. The van der Waals surface area contributed by atoms with Crippen molar-refractivity contribution in [1.82, 2.24) is 4.57 Å². The quantitative estimate of drug-likeness (QED) is 0.498. The van der Waals surface area contributed by atoms with Crippen molar-refractivity contribution in [3.05, 3.63) is 94.8 Å². The van der Waals surface area contributed by atoms with Crippen molar-refractivity contribution in [1.29, 1.82) is 0 Å². The van der Waals surface area contributed by atoms with Crippen molar-refractivity contribution < 1.29 is 0 Å². The van der Waals surface area contributed by atoms with E-state index >= 15 is 0 Å². The molecule has 0 spiro atoms.